The normalized spacial score (nSPS) is 10.5. The van der Waals surface area contributed by atoms with Crippen molar-refractivity contribution in [3.8, 4) is 0 Å². The van der Waals surface area contributed by atoms with E-state index in [0.29, 0.717) is 5.58 Å². The van der Waals surface area contributed by atoms with Crippen LogP contribution in [-0.2, 0) is 0 Å². The minimum absolute atomic E-state index is 0.188. The summed E-state index contributed by atoms with van der Waals surface area (Å²) < 4.78 is 5.70. The molecular formula is C6H3NO3S. The first-order chi connectivity index (χ1) is 5.27. The largest absolute Gasteiger partial charge is 0.435 e. The van der Waals surface area contributed by atoms with E-state index in [1.807, 2.05) is 5.38 Å². The SMILES string of the molecule is O=[N+]([O-])c1cc2sccc2o1. The van der Waals surface area contributed by atoms with Crippen LogP contribution in [0.3, 0.4) is 0 Å². The van der Waals surface area contributed by atoms with E-state index >= 15 is 0 Å². The molecule has 0 spiro atoms. The lowest BCUT2D eigenvalue weighted by atomic mass is 10.5. The molecule has 0 saturated carbocycles. The molecule has 0 unspecified atom stereocenters. The van der Waals surface area contributed by atoms with Gasteiger partial charge in [-0.15, -0.1) is 11.3 Å². The molecule has 4 nitrogen and oxygen atoms in total. The molecule has 0 N–H and O–H groups in total. The van der Waals surface area contributed by atoms with E-state index in [1.165, 1.54) is 17.4 Å². The van der Waals surface area contributed by atoms with Crippen molar-refractivity contribution in [2.45, 2.75) is 0 Å². The lowest BCUT2D eigenvalue weighted by Crippen LogP contribution is -1.82. The van der Waals surface area contributed by atoms with E-state index in [1.54, 1.807) is 6.07 Å². The Morgan fingerprint density at radius 2 is 2.45 bits per heavy atom. The monoisotopic (exact) mass is 169 g/mol. The van der Waals surface area contributed by atoms with Gasteiger partial charge in [-0.05, 0) is 11.4 Å². The Labute approximate surface area is 65.2 Å². The summed E-state index contributed by atoms with van der Waals surface area (Å²) in [6, 6.07) is 3.15. The second-order valence-corrected chi connectivity index (χ2v) is 2.94. The summed E-state index contributed by atoms with van der Waals surface area (Å²) in [7, 11) is 0. The fourth-order valence-electron chi connectivity index (χ4n) is 0.843. The summed E-state index contributed by atoms with van der Waals surface area (Å²) in [5, 5.41) is 12.0. The number of furan rings is 1. The highest BCUT2D eigenvalue weighted by atomic mass is 32.1. The molecule has 0 aliphatic heterocycles. The zero-order chi connectivity index (χ0) is 7.84. The molecule has 0 amide bonds. The predicted molar refractivity (Wildman–Crippen MR) is 40.7 cm³/mol. The molecule has 2 aromatic heterocycles. The van der Waals surface area contributed by atoms with Crippen LogP contribution in [0.5, 0.6) is 0 Å². The van der Waals surface area contributed by atoms with Crippen LogP contribution >= 0.6 is 11.3 Å². The van der Waals surface area contributed by atoms with Gasteiger partial charge in [-0.2, -0.15) is 0 Å². The molecule has 0 atom stereocenters. The molecule has 0 radical (unpaired) electrons. The molecule has 0 fully saturated rings. The fourth-order valence-corrected chi connectivity index (χ4v) is 1.58. The van der Waals surface area contributed by atoms with Crippen molar-refractivity contribution in [1.82, 2.24) is 0 Å². The quantitative estimate of drug-likeness (QED) is 0.486. The fraction of sp³-hybridized carbons (Fsp3) is 0. The van der Waals surface area contributed by atoms with Crippen LogP contribution in [0.2, 0.25) is 0 Å². The Hall–Kier alpha value is -1.36. The van der Waals surface area contributed by atoms with Gasteiger partial charge in [-0.25, -0.2) is 0 Å². The van der Waals surface area contributed by atoms with Gasteiger partial charge < -0.3 is 4.42 Å². The number of rotatable bonds is 1. The van der Waals surface area contributed by atoms with Crippen molar-refractivity contribution in [3.63, 3.8) is 0 Å². The third-order valence-electron chi connectivity index (χ3n) is 1.31. The third kappa shape index (κ3) is 0.894. The summed E-state index contributed by atoms with van der Waals surface area (Å²) in [5.41, 5.74) is 0.585. The van der Waals surface area contributed by atoms with Crippen molar-refractivity contribution in [2.24, 2.45) is 0 Å². The Morgan fingerprint density at radius 1 is 1.64 bits per heavy atom. The first kappa shape index (κ1) is 6.36. The molecule has 0 saturated heterocycles. The summed E-state index contributed by atoms with van der Waals surface area (Å²) >= 11 is 1.43. The Morgan fingerprint density at radius 3 is 3.09 bits per heavy atom. The standard InChI is InChI=1S/C6H3NO3S/c8-7(9)6-3-5-4(10-6)1-2-11-5/h1-3H. The maximum absolute atomic E-state index is 10.2. The van der Waals surface area contributed by atoms with Gasteiger partial charge in [0, 0.05) is 0 Å². The summed E-state index contributed by atoms with van der Waals surface area (Å²) in [4.78, 5) is 9.65. The number of hydrogen-bond acceptors (Lipinski definition) is 4. The first-order valence-electron chi connectivity index (χ1n) is 2.89. The maximum atomic E-state index is 10.2. The molecule has 2 heterocycles. The third-order valence-corrected chi connectivity index (χ3v) is 2.15. The molecule has 11 heavy (non-hydrogen) atoms. The number of nitro groups is 1. The molecule has 0 aliphatic carbocycles. The van der Waals surface area contributed by atoms with Crippen LogP contribution in [0.1, 0.15) is 0 Å². The maximum Gasteiger partial charge on any atom is 0.435 e. The van der Waals surface area contributed by atoms with Crippen molar-refractivity contribution in [3.05, 3.63) is 27.6 Å². The number of nitrogens with zero attached hydrogens (tertiary/aromatic N) is 1. The van der Waals surface area contributed by atoms with Gasteiger partial charge in [-0.1, -0.05) is 0 Å². The summed E-state index contributed by atoms with van der Waals surface area (Å²) in [6.45, 7) is 0. The molecule has 0 aromatic carbocycles. The van der Waals surface area contributed by atoms with Gasteiger partial charge in [-0.3, -0.25) is 10.1 Å². The first-order valence-corrected chi connectivity index (χ1v) is 3.77. The van der Waals surface area contributed by atoms with Crippen LogP contribution < -0.4 is 0 Å². The van der Waals surface area contributed by atoms with E-state index in [4.69, 9.17) is 4.42 Å². The van der Waals surface area contributed by atoms with Crippen molar-refractivity contribution in [1.29, 1.82) is 0 Å². The molecule has 0 bridgehead atoms. The van der Waals surface area contributed by atoms with E-state index in [0.717, 1.165) is 4.70 Å². The van der Waals surface area contributed by atoms with Gasteiger partial charge in [0.15, 0.2) is 5.58 Å². The molecule has 2 rings (SSSR count). The highest BCUT2D eigenvalue weighted by molar-refractivity contribution is 7.17. The molecule has 56 valence electrons. The summed E-state index contributed by atoms with van der Waals surface area (Å²) in [5.74, 6) is -0.188. The zero-order valence-corrected chi connectivity index (χ0v) is 6.13. The highest BCUT2D eigenvalue weighted by Crippen LogP contribution is 2.28. The van der Waals surface area contributed by atoms with E-state index < -0.39 is 4.92 Å². The molecular weight excluding hydrogens is 166 g/mol. The minimum Gasteiger partial charge on any atom is -0.400 e. The lowest BCUT2D eigenvalue weighted by Gasteiger charge is -1.78. The lowest BCUT2D eigenvalue weighted by molar-refractivity contribution is -0.401. The van der Waals surface area contributed by atoms with Gasteiger partial charge in [0.1, 0.15) is 4.92 Å². The van der Waals surface area contributed by atoms with Crippen LogP contribution in [0.25, 0.3) is 10.3 Å². The van der Waals surface area contributed by atoms with E-state index in [2.05, 4.69) is 0 Å². The van der Waals surface area contributed by atoms with Crippen molar-refractivity contribution in [2.75, 3.05) is 0 Å². The topological polar surface area (TPSA) is 56.3 Å². The van der Waals surface area contributed by atoms with Crippen LogP contribution in [-0.4, -0.2) is 4.92 Å². The second-order valence-electron chi connectivity index (χ2n) is 1.99. The van der Waals surface area contributed by atoms with Crippen LogP contribution in [0.4, 0.5) is 5.88 Å². The van der Waals surface area contributed by atoms with Crippen LogP contribution in [0.15, 0.2) is 21.9 Å². The van der Waals surface area contributed by atoms with Crippen LogP contribution in [0, 0.1) is 10.1 Å². The smallest absolute Gasteiger partial charge is 0.400 e. The molecule has 5 heteroatoms. The van der Waals surface area contributed by atoms with Crippen molar-refractivity contribution >= 4 is 27.5 Å². The van der Waals surface area contributed by atoms with E-state index in [9.17, 15) is 10.1 Å². The Kier molecular flexibility index (Phi) is 1.19. The Bertz CT molecular complexity index is 374. The molecule has 2 aromatic rings. The van der Waals surface area contributed by atoms with Gasteiger partial charge in [0.2, 0.25) is 0 Å². The predicted octanol–water partition coefficient (Wildman–Crippen LogP) is 2.40. The van der Waals surface area contributed by atoms with E-state index in [-0.39, 0.29) is 5.88 Å². The highest BCUT2D eigenvalue weighted by Gasteiger charge is 2.13. The molecule has 0 aliphatic rings. The minimum atomic E-state index is -0.535. The number of thiophene rings is 1. The van der Waals surface area contributed by atoms with Gasteiger partial charge in [0.05, 0.1) is 10.8 Å². The average Bonchev–Trinajstić information content (AvgIpc) is 2.40. The second kappa shape index (κ2) is 2.06. The van der Waals surface area contributed by atoms with Gasteiger partial charge in [0.25, 0.3) is 0 Å². The Balaban J connectivity index is 2.67. The average molecular weight is 169 g/mol. The van der Waals surface area contributed by atoms with Crippen molar-refractivity contribution < 1.29 is 9.34 Å². The summed E-state index contributed by atoms with van der Waals surface area (Å²) in [6.07, 6.45) is 0. The zero-order valence-electron chi connectivity index (χ0n) is 5.31. The number of fused-ring (bicyclic) bond motifs is 1. The van der Waals surface area contributed by atoms with Gasteiger partial charge >= 0.3 is 5.88 Å². The number of hydrogen-bond donors (Lipinski definition) is 0.